The molecule has 0 radical (unpaired) electrons. The average molecular weight is 502 g/mol. The van der Waals surface area contributed by atoms with Crippen LogP contribution in [0.1, 0.15) is 17.3 Å². The van der Waals surface area contributed by atoms with Gasteiger partial charge >= 0.3 is 5.97 Å². The summed E-state index contributed by atoms with van der Waals surface area (Å²) < 4.78 is 5.52. The highest BCUT2D eigenvalue weighted by molar-refractivity contribution is 6.54. The van der Waals surface area contributed by atoms with E-state index in [0.29, 0.717) is 28.3 Å². The van der Waals surface area contributed by atoms with E-state index >= 15 is 0 Å². The molecule has 0 saturated heterocycles. The molecule has 0 saturated carbocycles. The van der Waals surface area contributed by atoms with E-state index in [1.54, 1.807) is 17.0 Å². The molecule has 4 rings (SSSR count). The fourth-order valence-electron chi connectivity index (χ4n) is 3.10. The molecule has 0 spiro atoms. The highest BCUT2D eigenvalue weighted by Crippen LogP contribution is 2.34. The summed E-state index contributed by atoms with van der Waals surface area (Å²) in [6.07, 6.45) is 1.40. The normalized spacial score (nSPS) is 15.0. The van der Waals surface area contributed by atoms with Gasteiger partial charge in [0.15, 0.2) is 4.84 Å². The molecule has 2 aromatic carbocycles. The summed E-state index contributed by atoms with van der Waals surface area (Å²) in [5.74, 6) is -0.727. The zero-order valence-electron chi connectivity index (χ0n) is 16.1. The molecule has 1 aliphatic heterocycles. The fraction of sp³-hybridized carbons (Fsp3) is 0.190. The molecule has 1 aliphatic rings. The first-order valence-corrected chi connectivity index (χ1v) is 10.6. The van der Waals surface area contributed by atoms with Crippen LogP contribution in [-0.2, 0) is 4.79 Å². The third-order valence-corrected chi connectivity index (χ3v) is 5.35. The van der Waals surface area contributed by atoms with Gasteiger partial charge in [-0.1, -0.05) is 64.6 Å². The number of hydrogen-bond donors (Lipinski definition) is 1. The summed E-state index contributed by atoms with van der Waals surface area (Å²) in [5, 5.41) is 10.3. The van der Waals surface area contributed by atoms with Crippen LogP contribution in [0.25, 0.3) is 10.9 Å². The Hall–Kier alpha value is -2.25. The van der Waals surface area contributed by atoms with Crippen molar-refractivity contribution in [2.45, 2.75) is 17.8 Å². The summed E-state index contributed by atoms with van der Waals surface area (Å²) in [4.78, 5) is 27.3. The lowest BCUT2D eigenvalue weighted by Crippen LogP contribution is -2.47. The van der Waals surface area contributed by atoms with Gasteiger partial charge in [-0.2, -0.15) is 0 Å². The summed E-state index contributed by atoms with van der Waals surface area (Å²) in [5.41, 5.74) is 1.07. The van der Waals surface area contributed by atoms with Gasteiger partial charge in [0.2, 0.25) is 0 Å². The van der Waals surface area contributed by atoms with E-state index in [0.717, 1.165) is 5.69 Å². The van der Waals surface area contributed by atoms with Crippen molar-refractivity contribution in [1.29, 1.82) is 0 Å². The van der Waals surface area contributed by atoms with Crippen molar-refractivity contribution in [2.24, 2.45) is 0 Å². The Labute approximate surface area is 198 Å². The first kappa shape index (κ1) is 23.4. The zero-order chi connectivity index (χ0) is 22.7. The second-order valence-corrected chi connectivity index (χ2v) is 8.53. The number of aromatic nitrogens is 1. The number of fused-ring (bicyclic) bond motifs is 2. The molecule has 0 aliphatic carbocycles. The zero-order valence-corrected chi connectivity index (χ0v) is 19.1. The maximum absolute atomic E-state index is 11.9. The van der Waals surface area contributed by atoms with Crippen LogP contribution < -0.4 is 9.64 Å². The quantitative estimate of drug-likeness (QED) is 0.446. The lowest BCUT2D eigenvalue weighted by atomic mass is 10.1. The Bertz CT molecular complexity index is 1140. The van der Waals surface area contributed by atoms with Crippen LogP contribution >= 0.6 is 46.4 Å². The number of halogens is 4. The highest BCUT2D eigenvalue weighted by Gasteiger charge is 2.32. The molecule has 10 heteroatoms. The number of para-hydroxylation sites is 2. The first-order valence-electron chi connectivity index (χ1n) is 9.00. The number of anilines is 1. The van der Waals surface area contributed by atoms with E-state index in [9.17, 15) is 9.59 Å². The molecule has 3 aromatic rings. The van der Waals surface area contributed by atoms with Gasteiger partial charge in [0.1, 0.15) is 17.9 Å². The van der Waals surface area contributed by atoms with Crippen LogP contribution in [-0.4, -0.2) is 39.5 Å². The van der Waals surface area contributed by atoms with Crippen molar-refractivity contribution in [3.8, 4) is 5.75 Å². The molecule has 6 nitrogen and oxygen atoms in total. The van der Waals surface area contributed by atoms with Crippen LogP contribution in [0.5, 0.6) is 5.75 Å². The summed E-state index contributed by atoms with van der Waals surface area (Å²) in [6.45, 7) is 2.34. The van der Waals surface area contributed by atoms with E-state index in [-0.39, 0.29) is 22.5 Å². The lowest BCUT2D eigenvalue weighted by molar-refractivity contribution is -0.117. The minimum Gasteiger partial charge on any atom is -0.489 e. The van der Waals surface area contributed by atoms with Crippen molar-refractivity contribution < 1.29 is 19.4 Å². The number of carboxylic acids is 1. The van der Waals surface area contributed by atoms with Gasteiger partial charge < -0.3 is 14.7 Å². The van der Waals surface area contributed by atoms with Crippen LogP contribution in [0.2, 0.25) is 10.0 Å². The number of rotatable bonds is 2. The van der Waals surface area contributed by atoms with E-state index in [4.69, 9.17) is 56.2 Å². The summed E-state index contributed by atoms with van der Waals surface area (Å²) in [6, 6.07) is 12.1. The number of aromatic carboxylic acids is 1. The number of carbonyl (C=O) groups is 2. The predicted molar refractivity (Wildman–Crippen MR) is 123 cm³/mol. The molecule has 0 bridgehead atoms. The summed E-state index contributed by atoms with van der Waals surface area (Å²) in [7, 11) is 0. The Morgan fingerprint density at radius 1 is 1.19 bits per heavy atom. The van der Waals surface area contributed by atoms with E-state index in [1.807, 2.05) is 31.2 Å². The number of benzene rings is 2. The fourth-order valence-corrected chi connectivity index (χ4v) is 3.71. The molecule has 1 aromatic heterocycles. The minimum absolute atomic E-state index is 0.00540. The largest absolute Gasteiger partial charge is 0.489 e. The topological polar surface area (TPSA) is 79.7 Å². The third-order valence-electron chi connectivity index (χ3n) is 4.45. The molecule has 0 fully saturated rings. The monoisotopic (exact) mass is 500 g/mol. The average Bonchev–Trinajstić information content (AvgIpc) is 2.73. The molecule has 1 unspecified atom stereocenters. The summed E-state index contributed by atoms with van der Waals surface area (Å²) >= 11 is 22.8. The molecular formula is C21H16Cl4N2O4. The smallest absolute Gasteiger partial charge is 0.339 e. The standard InChI is InChI=1S/C11H11Cl2NO2.C10H5Cl2NO2/c1-7-6-16-9-5-3-2-4-8(9)14(7)11(15)10(12)13;11-6-3-5-1-2-7(12)8(10(14)15)9(5)13-4-6/h2-5,7,10H,6H2,1H3;1-4H,(H,14,15). The van der Waals surface area contributed by atoms with E-state index < -0.39 is 10.8 Å². The Balaban J connectivity index is 0.000000176. The number of carbonyl (C=O) groups excluding carboxylic acids is 1. The lowest BCUT2D eigenvalue weighted by Gasteiger charge is -2.35. The van der Waals surface area contributed by atoms with Gasteiger partial charge in [-0.3, -0.25) is 9.78 Å². The Kier molecular flexibility index (Phi) is 7.49. The Morgan fingerprint density at radius 3 is 2.58 bits per heavy atom. The Morgan fingerprint density at radius 2 is 1.90 bits per heavy atom. The minimum atomic E-state index is -1.10. The molecular weight excluding hydrogens is 486 g/mol. The van der Waals surface area contributed by atoms with Gasteiger partial charge in [-0.15, -0.1) is 0 Å². The predicted octanol–water partition coefficient (Wildman–Crippen LogP) is 5.84. The van der Waals surface area contributed by atoms with Crippen molar-refractivity contribution in [2.75, 3.05) is 11.5 Å². The van der Waals surface area contributed by atoms with Crippen LogP contribution in [0.15, 0.2) is 48.7 Å². The second-order valence-electron chi connectivity index (χ2n) is 6.59. The number of hydrogen-bond acceptors (Lipinski definition) is 4. The van der Waals surface area contributed by atoms with Gasteiger partial charge in [0.05, 0.1) is 27.3 Å². The molecule has 2 heterocycles. The number of amides is 1. The molecule has 1 N–H and O–H groups in total. The van der Waals surface area contributed by atoms with Gasteiger partial charge in [-0.05, 0) is 31.2 Å². The van der Waals surface area contributed by atoms with Gasteiger partial charge in [0.25, 0.3) is 5.91 Å². The van der Waals surface area contributed by atoms with Gasteiger partial charge in [-0.25, -0.2) is 4.79 Å². The van der Waals surface area contributed by atoms with Crippen LogP contribution in [0.3, 0.4) is 0 Å². The van der Waals surface area contributed by atoms with Crippen LogP contribution in [0, 0.1) is 0 Å². The first-order chi connectivity index (χ1) is 14.7. The van der Waals surface area contributed by atoms with Crippen molar-refractivity contribution >= 4 is 74.9 Å². The third kappa shape index (κ3) is 5.15. The van der Waals surface area contributed by atoms with Crippen molar-refractivity contribution in [1.82, 2.24) is 4.98 Å². The van der Waals surface area contributed by atoms with Crippen molar-refractivity contribution in [3.05, 3.63) is 64.3 Å². The number of nitrogens with zero attached hydrogens (tertiary/aromatic N) is 2. The maximum Gasteiger partial charge on any atom is 0.339 e. The highest BCUT2D eigenvalue weighted by atomic mass is 35.5. The molecule has 1 atom stereocenters. The number of ether oxygens (including phenoxy) is 1. The maximum atomic E-state index is 11.9. The second kappa shape index (κ2) is 9.92. The van der Waals surface area contributed by atoms with E-state index in [1.165, 1.54) is 12.3 Å². The van der Waals surface area contributed by atoms with Crippen molar-refractivity contribution in [3.63, 3.8) is 0 Å². The number of alkyl halides is 2. The SMILES string of the molecule is CC1COc2ccccc2N1C(=O)C(Cl)Cl.O=C(O)c1c(Cl)ccc2cc(Cl)cnc12. The molecule has 1 amide bonds. The van der Waals surface area contributed by atoms with Gasteiger partial charge in [0, 0.05) is 11.6 Å². The van der Waals surface area contributed by atoms with E-state index in [2.05, 4.69) is 4.98 Å². The number of pyridine rings is 1. The van der Waals surface area contributed by atoms with Crippen LogP contribution in [0.4, 0.5) is 5.69 Å². The molecule has 31 heavy (non-hydrogen) atoms. The number of carboxylic acid groups (broad SMARTS) is 1. The molecule has 162 valence electrons.